The minimum absolute atomic E-state index is 0.0248. The third kappa shape index (κ3) is 2.87. The maximum atomic E-state index is 13.5. The van der Waals surface area contributed by atoms with Crippen LogP contribution in [0.2, 0.25) is 0 Å². The number of ether oxygens (including phenoxy) is 1. The van der Waals surface area contributed by atoms with Crippen LogP contribution in [0.15, 0.2) is 75.9 Å². The van der Waals surface area contributed by atoms with Gasteiger partial charge in [0.15, 0.2) is 16.9 Å². The first-order valence-electron chi connectivity index (χ1n) is 9.82. The SMILES string of the molecule is COc1cc(C2c3c(oc4ccccc4c3=O)C(=O)N2c2ccc(C)cc2)ccc1O. The number of para-hydroxylation sites is 1. The highest BCUT2D eigenvalue weighted by Gasteiger charge is 2.43. The first-order chi connectivity index (χ1) is 15.0. The van der Waals surface area contributed by atoms with E-state index in [1.807, 2.05) is 31.2 Å². The standard InChI is InChI=1S/C25H19NO5/c1-14-7-10-16(11-8-14)26-22(15-9-12-18(27)20(13-15)30-2)21-23(28)17-5-3-4-6-19(17)31-24(21)25(26)29/h3-13,22,27H,1-2H3. The van der Waals surface area contributed by atoms with Crippen molar-refractivity contribution < 1.29 is 19.1 Å². The Bertz CT molecular complexity index is 1390. The number of hydrogen-bond acceptors (Lipinski definition) is 5. The largest absolute Gasteiger partial charge is 0.504 e. The Balaban J connectivity index is 1.81. The molecule has 1 unspecified atom stereocenters. The van der Waals surface area contributed by atoms with E-state index >= 15 is 0 Å². The number of amides is 1. The van der Waals surface area contributed by atoms with Crippen molar-refractivity contribution in [2.45, 2.75) is 13.0 Å². The molecular formula is C25H19NO5. The molecule has 2 heterocycles. The molecule has 1 aromatic heterocycles. The molecule has 31 heavy (non-hydrogen) atoms. The number of aryl methyl sites for hydroxylation is 1. The highest BCUT2D eigenvalue weighted by Crippen LogP contribution is 2.43. The summed E-state index contributed by atoms with van der Waals surface area (Å²) in [5.41, 5.74) is 2.71. The zero-order chi connectivity index (χ0) is 21.7. The zero-order valence-corrected chi connectivity index (χ0v) is 17.0. The third-order valence-corrected chi connectivity index (χ3v) is 5.61. The second-order valence-electron chi connectivity index (χ2n) is 7.51. The first kappa shape index (κ1) is 18.9. The number of aromatic hydroxyl groups is 1. The van der Waals surface area contributed by atoms with Crippen molar-refractivity contribution in [3.63, 3.8) is 0 Å². The molecule has 1 aliphatic rings. The summed E-state index contributed by atoms with van der Waals surface area (Å²) in [6.45, 7) is 1.96. The Hall–Kier alpha value is -4.06. The lowest BCUT2D eigenvalue weighted by molar-refractivity contribution is 0.0971. The number of hydrogen-bond donors (Lipinski definition) is 1. The van der Waals surface area contributed by atoms with E-state index in [1.165, 1.54) is 13.2 Å². The summed E-state index contributed by atoms with van der Waals surface area (Å²) in [6, 6.07) is 18.5. The Kier molecular flexibility index (Phi) is 4.29. The molecule has 0 fully saturated rings. The lowest BCUT2D eigenvalue weighted by atomic mass is 9.97. The predicted octanol–water partition coefficient (Wildman–Crippen LogP) is 4.57. The topological polar surface area (TPSA) is 80.0 Å². The second kappa shape index (κ2) is 7.02. The minimum atomic E-state index is -0.722. The van der Waals surface area contributed by atoms with Gasteiger partial charge in [-0.3, -0.25) is 14.5 Å². The molecule has 6 nitrogen and oxygen atoms in total. The Morgan fingerprint density at radius 3 is 2.48 bits per heavy atom. The van der Waals surface area contributed by atoms with Crippen molar-refractivity contribution in [1.82, 2.24) is 0 Å². The molecule has 0 saturated carbocycles. The summed E-state index contributed by atoms with van der Waals surface area (Å²) in [5, 5.41) is 10.5. The Morgan fingerprint density at radius 2 is 1.74 bits per heavy atom. The van der Waals surface area contributed by atoms with Crippen molar-refractivity contribution in [3.8, 4) is 11.5 Å². The van der Waals surface area contributed by atoms with E-state index in [9.17, 15) is 14.7 Å². The molecule has 6 heteroatoms. The fourth-order valence-electron chi connectivity index (χ4n) is 4.07. The lowest BCUT2D eigenvalue weighted by Gasteiger charge is -2.25. The molecule has 1 N–H and O–H groups in total. The van der Waals surface area contributed by atoms with Gasteiger partial charge in [0.1, 0.15) is 5.58 Å². The lowest BCUT2D eigenvalue weighted by Crippen LogP contribution is -2.29. The molecule has 1 amide bonds. The molecule has 5 rings (SSSR count). The smallest absolute Gasteiger partial charge is 0.295 e. The molecule has 0 bridgehead atoms. The van der Waals surface area contributed by atoms with Gasteiger partial charge in [0.05, 0.1) is 24.1 Å². The van der Waals surface area contributed by atoms with Crippen LogP contribution in [0, 0.1) is 6.92 Å². The van der Waals surface area contributed by atoms with Gasteiger partial charge >= 0.3 is 0 Å². The Labute approximate surface area is 177 Å². The van der Waals surface area contributed by atoms with E-state index in [0.717, 1.165) is 5.56 Å². The molecule has 3 aromatic carbocycles. The normalized spacial score (nSPS) is 15.4. The van der Waals surface area contributed by atoms with E-state index in [-0.39, 0.29) is 28.3 Å². The van der Waals surface area contributed by atoms with Crippen molar-refractivity contribution in [2.75, 3.05) is 12.0 Å². The second-order valence-corrected chi connectivity index (χ2v) is 7.51. The highest BCUT2D eigenvalue weighted by molar-refractivity contribution is 6.10. The van der Waals surface area contributed by atoms with Gasteiger partial charge in [-0.05, 0) is 48.9 Å². The van der Waals surface area contributed by atoms with Crippen molar-refractivity contribution >= 4 is 22.6 Å². The molecule has 4 aromatic rings. The summed E-state index contributed by atoms with van der Waals surface area (Å²) in [7, 11) is 1.45. The van der Waals surface area contributed by atoms with Crippen LogP contribution in [-0.2, 0) is 0 Å². The first-order valence-corrected chi connectivity index (χ1v) is 9.82. The van der Waals surface area contributed by atoms with Crippen molar-refractivity contribution in [1.29, 1.82) is 0 Å². The highest BCUT2D eigenvalue weighted by atomic mass is 16.5. The van der Waals surface area contributed by atoms with Gasteiger partial charge in [-0.25, -0.2) is 0 Å². The number of benzene rings is 3. The molecule has 0 spiro atoms. The summed E-state index contributed by atoms with van der Waals surface area (Å²) in [6.07, 6.45) is 0. The fourth-order valence-corrected chi connectivity index (χ4v) is 4.07. The monoisotopic (exact) mass is 413 g/mol. The number of fused-ring (bicyclic) bond motifs is 2. The van der Waals surface area contributed by atoms with Gasteiger partial charge in [-0.2, -0.15) is 0 Å². The van der Waals surface area contributed by atoms with Crippen LogP contribution >= 0.6 is 0 Å². The summed E-state index contributed by atoms with van der Waals surface area (Å²) in [4.78, 5) is 28.5. The average molecular weight is 413 g/mol. The summed E-state index contributed by atoms with van der Waals surface area (Å²) < 4.78 is 11.2. The van der Waals surface area contributed by atoms with E-state index in [0.29, 0.717) is 22.2 Å². The number of phenols is 1. The molecule has 0 saturated heterocycles. The third-order valence-electron chi connectivity index (χ3n) is 5.61. The number of anilines is 1. The fraction of sp³-hybridized carbons (Fsp3) is 0.120. The molecule has 0 aliphatic carbocycles. The number of nitrogens with zero attached hydrogens (tertiary/aromatic N) is 1. The van der Waals surface area contributed by atoms with Gasteiger partial charge in [0.25, 0.3) is 5.91 Å². The van der Waals surface area contributed by atoms with Gasteiger partial charge in [-0.15, -0.1) is 0 Å². The van der Waals surface area contributed by atoms with E-state index in [4.69, 9.17) is 9.15 Å². The summed E-state index contributed by atoms with van der Waals surface area (Å²) >= 11 is 0. The number of carbonyl (C=O) groups is 1. The van der Waals surface area contributed by atoms with Gasteiger partial charge in [0, 0.05) is 5.69 Å². The molecular weight excluding hydrogens is 394 g/mol. The maximum Gasteiger partial charge on any atom is 0.295 e. The minimum Gasteiger partial charge on any atom is -0.504 e. The van der Waals surface area contributed by atoms with Crippen LogP contribution in [0.25, 0.3) is 11.0 Å². The number of methoxy groups -OCH3 is 1. The van der Waals surface area contributed by atoms with Crippen LogP contribution in [-0.4, -0.2) is 18.1 Å². The van der Waals surface area contributed by atoms with E-state index in [2.05, 4.69) is 0 Å². The maximum absolute atomic E-state index is 13.5. The zero-order valence-electron chi connectivity index (χ0n) is 17.0. The van der Waals surface area contributed by atoms with Gasteiger partial charge in [0.2, 0.25) is 5.76 Å². The molecule has 1 aliphatic heterocycles. The molecule has 1 atom stereocenters. The van der Waals surface area contributed by atoms with Crippen LogP contribution in [0.1, 0.15) is 33.3 Å². The number of phenolic OH excluding ortho intramolecular Hbond substituents is 1. The molecule has 154 valence electrons. The van der Waals surface area contributed by atoms with Crippen LogP contribution in [0.4, 0.5) is 5.69 Å². The van der Waals surface area contributed by atoms with E-state index in [1.54, 1.807) is 41.3 Å². The summed E-state index contributed by atoms with van der Waals surface area (Å²) in [5.74, 6) is -0.129. The number of rotatable bonds is 3. The predicted molar refractivity (Wildman–Crippen MR) is 117 cm³/mol. The average Bonchev–Trinajstić information content (AvgIpc) is 3.07. The van der Waals surface area contributed by atoms with Gasteiger partial charge in [-0.1, -0.05) is 35.9 Å². The quantitative estimate of drug-likeness (QED) is 0.532. The van der Waals surface area contributed by atoms with Crippen LogP contribution in [0.5, 0.6) is 11.5 Å². The number of carbonyl (C=O) groups excluding carboxylic acids is 1. The van der Waals surface area contributed by atoms with Crippen LogP contribution < -0.4 is 15.1 Å². The Morgan fingerprint density at radius 1 is 1.00 bits per heavy atom. The van der Waals surface area contributed by atoms with E-state index < -0.39 is 11.9 Å². The van der Waals surface area contributed by atoms with Crippen molar-refractivity contribution in [2.24, 2.45) is 0 Å². The van der Waals surface area contributed by atoms with Gasteiger partial charge < -0.3 is 14.3 Å². The van der Waals surface area contributed by atoms with Crippen molar-refractivity contribution in [3.05, 3.63) is 99.4 Å². The van der Waals surface area contributed by atoms with Crippen LogP contribution in [0.3, 0.4) is 0 Å². The molecule has 0 radical (unpaired) electrons.